The summed E-state index contributed by atoms with van der Waals surface area (Å²) in [5, 5.41) is 2.00. The van der Waals surface area contributed by atoms with E-state index in [1.54, 1.807) is 22.7 Å². The van der Waals surface area contributed by atoms with Crippen LogP contribution in [0.15, 0.2) is 115 Å². The van der Waals surface area contributed by atoms with Crippen molar-refractivity contribution < 1.29 is 8.83 Å². The quantitative estimate of drug-likeness (QED) is 0.160. The predicted molar refractivity (Wildman–Crippen MR) is 276 cm³/mol. The summed E-state index contributed by atoms with van der Waals surface area (Å²) in [4.78, 5) is 37.6. The van der Waals surface area contributed by atoms with Crippen LogP contribution in [0.2, 0.25) is 0 Å². The number of rotatable bonds is 5. The molecule has 12 rings (SSSR count). The van der Waals surface area contributed by atoms with Crippen LogP contribution in [0.4, 0.5) is 11.4 Å². The van der Waals surface area contributed by atoms with Gasteiger partial charge in [-0.05, 0) is 141 Å². The Bertz CT molecular complexity index is 3230. The molecule has 0 amide bonds. The molecule has 0 aliphatic carbocycles. The summed E-state index contributed by atoms with van der Waals surface area (Å²) in [7, 11) is 0. The van der Waals surface area contributed by atoms with Crippen molar-refractivity contribution in [3.05, 3.63) is 140 Å². The molecule has 0 unspecified atom stereocenters. The average Bonchev–Trinajstić information content (AvgIpc) is 3.98. The lowest BCUT2D eigenvalue weighted by molar-refractivity contribution is 0.398. The van der Waals surface area contributed by atoms with Crippen LogP contribution >= 0.6 is 22.7 Å². The highest BCUT2D eigenvalue weighted by Crippen LogP contribution is 2.54. The first kappa shape index (κ1) is 41.7. The molecule has 0 N–H and O–H groups in total. The average molecular weight is 909 g/mol. The van der Waals surface area contributed by atoms with Crippen molar-refractivity contribution in [2.45, 2.75) is 103 Å². The first-order valence-electron chi connectivity index (χ1n) is 23.7. The molecule has 0 radical (unpaired) electrons. The highest BCUT2D eigenvalue weighted by Gasteiger charge is 2.43. The zero-order valence-corrected chi connectivity index (χ0v) is 40.9. The second-order valence-electron chi connectivity index (χ2n) is 22.0. The number of thiophene rings is 2. The molecule has 0 bridgehead atoms. The Balaban J connectivity index is 0.852. The largest absolute Gasteiger partial charge is 0.422 e. The van der Waals surface area contributed by atoms with Gasteiger partial charge in [0.2, 0.25) is 0 Å². The SMILES string of the molecule is CC1(C)CCN2CCC(C)(C)c3c2c1cc1cc(-c2cccc(-c4ccc(-c5ccc(-c6cccc(-c7cc8cc9c%10c(c8oc7=O)C(C)(C)CCN%10CCC9(C)C)c6)s5)s4)c2)c(=O)oc31. The third kappa shape index (κ3) is 6.45. The topological polar surface area (TPSA) is 66.9 Å². The monoisotopic (exact) mass is 908 g/mol. The highest BCUT2D eigenvalue weighted by atomic mass is 32.1. The van der Waals surface area contributed by atoms with Gasteiger partial charge < -0.3 is 18.6 Å². The molecule has 334 valence electrons. The molecule has 66 heavy (non-hydrogen) atoms. The van der Waals surface area contributed by atoms with Gasteiger partial charge in [0.05, 0.1) is 11.1 Å². The zero-order valence-electron chi connectivity index (χ0n) is 39.2. The van der Waals surface area contributed by atoms with E-state index in [1.807, 2.05) is 24.3 Å². The minimum atomic E-state index is -0.296. The molecule has 0 spiro atoms. The van der Waals surface area contributed by atoms with Gasteiger partial charge in [-0.3, -0.25) is 0 Å². The summed E-state index contributed by atoms with van der Waals surface area (Å²) in [5.41, 5.74) is 13.4. The molecule has 8 aromatic rings. The van der Waals surface area contributed by atoms with E-state index in [4.69, 9.17) is 8.83 Å². The Morgan fingerprint density at radius 3 is 1.21 bits per heavy atom. The Kier molecular flexibility index (Phi) is 9.10. The minimum Gasteiger partial charge on any atom is -0.422 e. The van der Waals surface area contributed by atoms with Crippen molar-refractivity contribution in [1.29, 1.82) is 0 Å². The van der Waals surface area contributed by atoms with Crippen LogP contribution in [-0.2, 0) is 21.7 Å². The number of hydrogen-bond donors (Lipinski definition) is 0. The summed E-state index contributed by atoms with van der Waals surface area (Å²) < 4.78 is 12.7. The molecule has 4 aliphatic rings. The van der Waals surface area contributed by atoms with Crippen LogP contribution in [0, 0.1) is 0 Å². The van der Waals surface area contributed by atoms with E-state index in [-0.39, 0.29) is 32.9 Å². The summed E-state index contributed by atoms with van der Waals surface area (Å²) in [6, 6.07) is 34.1. The molecular weight excluding hydrogens is 853 g/mol. The molecule has 8 heterocycles. The molecule has 0 atom stereocenters. The Hall–Kier alpha value is -5.70. The Labute approximate surface area is 394 Å². The highest BCUT2D eigenvalue weighted by molar-refractivity contribution is 7.25. The Morgan fingerprint density at radius 2 is 0.803 bits per heavy atom. The summed E-state index contributed by atoms with van der Waals surface area (Å²) in [6.07, 6.45) is 4.26. The lowest BCUT2D eigenvalue weighted by Gasteiger charge is -2.48. The Morgan fingerprint density at radius 1 is 0.439 bits per heavy atom. The molecule has 4 aliphatic heterocycles. The van der Waals surface area contributed by atoms with Gasteiger partial charge in [0.1, 0.15) is 11.2 Å². The lowest BCUT2D eigenvalue weighted by atomic mass is 9.69. The van der Waals surface area contributed by atoms with Crippen molar-refractivity contribution in [2.24, 2.45) is 0 Å². The number of anilines is 2. The third-order valence-corrected chi connectivity index (χ3v) is 18.3. The van der Waals surface area contributed by atoms with E-state index in [0.717, 1.165) is 106 Å². The fraction of sp³-hybridized carbons (Fsp3) is 0.345. The van der Waals surface area contributed by atoms with Gasteiger partial charge >= 0.3 is 11.3 Å². The van der Waals surface area contributed by atoms with E-state index in [9.17, 15) is 9.59 Å². The van der Waals surface area contributed by atoms with Crippen LogP contribution in [0.5, 0.6) is 0 Å². The molecule has 6 nitrogen and oxygen atoms in total. The van der Waals surface area contributed by atoms with Crippen LogP contribution in [0.3, 0.4) is 0 Å². The van der Waals surface area contributed by atoms with Crippen LogP contribution in [0.1, 0.15) is 103 Å². The van der Waals surface area contributed by atoms with Crippen molar-refractivity contribution in [3.8, 4) is 52.9 Å². The summed E-state index contributed by atoms with van der Waals surface area (Å²) in [5.74, 6) is 0. The molecule has 0 saturated heterocycles. The summed E-state index contributed by atoms with van der Waals surface area (Å²) in [6.45, 7) is 22.7. The van der Waals surface area contributed by atoms with E-state index < -0.39 is 0 Å². The molecule has 4 aromatic carbocycles. The van der Waals surface area contributed by atoms with Crippen LogP contribution in [-0.4, -0.2) is 26.2 Å². The maximum Gasteiger partial charge on any atom is 0.344 e. The number of fused-ring (bicyclic) bond motifs is 4. The summed E-state index contributed by atoms with van der Waals surface area (Å²) >= 11 is 3.50. The molecule has 4 aromatic heterocycles. The standard InChI is InChI=1S/C58H56N2O4S2/c1-55(2)19-23-59-25-21-57(5,6)47-49(59)41(55)31-37-29-39(53(61)63-51(37)47)33-11-9-13-35(27-33)43-15-17-45(65-43)46-18-16-44(66-46)36-14-10-12-34(28-36)40-30-38-32-42-50-48(52(38)64-54(40)62)58(7,8)22-26-60(50)24-20-56(42,3)4/h9-18,27-32H,19-26H2,1-8H3. The van der Waals surface area contributed by atoms with Gasteiger partial charge in [0, 0.05) is 79.0 Å². The van der Waals surface area contributed by atoms with Gasteiger partial charge in [-0.15, -0.1) is 22.7 Å². The predicted octanol–water partition coefficient (Wildman–Crippen LogP) is 14.7. The van der Waals surface area contributed by atoms with Gasteiger partial charge in [-0.2, -0.15) is 0 Å². The third-order valence-electron chi connectivity index (χ3n) is 15.8. The van der Waals surface area contributed by atoms with Crippen molar-refractivity contribution >= 4 is 56.0 Å². The fourth-order valence-electron chi connectivity index (χ4n) is 11.6. The normalized spacial score (nSPS) is 18.7. The first-order chi connectivity index (χ1) is 31.5. The second-order valence-corrected chi connectivity index (χ2v) is 24.2. The van der Waals surface area contributed by atoms with Gasteiger partial charge in [0.25, 0.3) is 0 Å². The lowest BCUT2D eigenvalue weighted by Crippen LogP contribution is -2.44. The molecule has 0 saturated carbocycles. The minimum absolute atomic E-state index is 0.0348. The number of hydrogen-bond acceptors (Lipinski definition) is 8. The number of benzene rings is 4. The van der Waals surface area contributed by atoms with E-state index in [2.05, 4.69) is 138 Å². The smallest absolute Gasteiger partial charge is 0.344 e. The molecule has 0 fully saturated rings. The van der Waals surface area contributed by atoms with E-state index in [1.165, 1.54) is 43.4 Å². The maximum absolute atomic E-state index is 14.0. The number of nitrogens with zero attached hydrogens (tertiary/aromatic N) is 2. The zero-order chi connectivity index (χ0) is 45.7. The van der Waals surface area contributed by atoms with E-state index in [0.29, 0.717) is 11.1 Å². The van der Waals surface area contributed by atoms with Crippen molar-refractivity contribution in [3.63, 3.8) is 0 Å². The first-order valence-corrected chi connectivity index (χ1v) is 25.3. The maximum atomic E-state index is 14.0. The van der Waals surface area contributed by atoms with Crippen LogP contribution < -0.4 is 21.1 Å². The second kappa shape index (κ2) is 14.4. The molecular formula is C58H56N2O4S2. The van der Waals surface area contributed by atoms with Gasteiger partial charge in [0.15, 0.2) is 0 Å². The van der Waals surface area contributed by atoms with Crippen LogP contribution in [0.25, 0.3) is 74.8 Å². The van der Waals surface area contributed by atoms with E-state index >= 15 is 0 Å². The molecule has 8 heteroatoms. The van der Waals surface area contributed by atoms with Gasteiger partial charge in [-0.25, -0.2) is 9.59 Å². The van der Waals surface area contributed by atoms with Gasteiger partial charge in [-0.1, -0.05) is 91.8 Å². The fourth-order valence-corrected chi connectivity index (χ4v) is 13.7. The van der Waals surface area contributed by atoms with Crippen molar-refractivity contribution in [2.75, 3.05) is 36.0 Å². The van der Waals surface area contributed by atoms with Crippen molar-refractivity contribution in [1.82, 2.24) is 0 Å².